The van der Waals surface area contributed by atoms with Gasteiger partial charge in [0.05, 0.1) is 121 Å². The Morgan fingerprint density at radius 3 is 0.933 bits per heavy atom. The fourth-order valence-corrected chi connectivity index (χ4v) is 14.1. The van der Waals surface area contributed by atoms with Crippen molar-refractivity contribution < 1.29 is 70.1 Å². The predicted octanol–water partition coefficient (Wildman–Crippen LogP) is 9.87. The van der Waals surface area contributed by atoms with E-state index in [0.29, 0.717) is 174 Å². The number of ether oxygens (including phenoxy) is 12. The Morgan fingerprint density at radius 1 is 0.307 bits per heavy atom. The molecule has 30 atom stereocenters. The first kappa shape index (κ1) is 67.5. The van der Waals surface area contributed by atoms with Crippen LogP contribution in [0.5, 0.6) is 0 Å². The van der Waals surface area contributed by atoms with Crippen LogP contribution in [0.3, 0.4) is 0 Å². The first-order valence-corrected chi connectivity index (χ1v) is 42.3. The zero-order chi connectivity index (χ0) is 55.6. The average molecular weight is 1400 g/mol. The van der Waals surface area contributed by atoms with Crippen molar-refractivity contribution in [3.63, 3.8) is 0 Å². The molecular weight excluding hydrogens is 1290 g/mol. The Balaban J connectivity index is 0.00000338. The summed E-state index contributed by atoms with van der Waals surface area (Å²) in [6.07, 6.45) is 1.37. The molecular formula is C60H110I3O12-. The van der Waals surface area contributed by atoms with Gasteiger partial charge in [0.2, 0.25) is 0 Å². The van der Waals surface area contributed by atoms with Crippen LogP contribution in [0.15, 0.2) is 0 Å². The van der Waals surface area contributed by atoms with E-state index in [1.165, 1.54) is 0 Å². The summed E-state index contributed by atoms with van der Waals surface area (Å²) >= 11 is 5.30. The Bertz CT molecular complexity index is 1600. The van der Waals surface area contributed by atoms with E-state index in [2.05, 4.69) is 169 Å². The molecule has 0 spiro atoms. The van der Waals surface area contributed by atoms with Gasteiger partial charge in [0.25, 0.3) is 0 Å². The van der Waals surface area contributed by atoms with Crippen LogP contribution in [-0.2, 0) is 56.8 Å². The minimum absolute atomic E-state index is 0.00159. The van der Waals surface area contributed by atoms with Crippen LogP contribution in [0.4, 0.5) is 0 Å². The maximum absolute atomic E-state index is 6.88. The van der Waals surface area contributed by atoms with Crippen molar-refractivity contribution in [3.05, 3.63) is 0 Å². The minimum atomic E-state index is -0.298. The van der Waals surface area contributed by atoms with Gasteiger partial charge in [-0.3, -0.25) is 0 Å². The summed E-state index contributed by atoms with van der Waals surface area (Å²) in [7, 11) is 1.73. The summed E-state index contributed by atoms with van der Waals surface area (Å²) in [5.74, 6) is 7.00. The molecule has 0 aromatic carbocycles. The second-order valence-corrected chi connectivity index (χ2v) is 41.7. The maximum atomic E-state index is 6.88. The first-order chi connectivity index (χ1) is 35.5. The van der Waals surface area contributed by atoms with Gasteiger partial charge in [-0.05, 0) is 105 Å². The summed E-state index contributed by atoms with van der Waals surface area (Å²) in [5.41, 5.74) is 0. The third-order valence-electron chi connectivity index (χ3n) is 21.7. The van der Waals surface area contributed by atoms with Gasteiger partial charge >= 0.3 is 50.5 Å². The normalized spacial score (nSPS) is 48.8. The second-order valence-electron chi connectivity index (χ2n) is 25.5. The molecule has 444 valence electrons. The zero-order valence-corrected chi connectivity index (χ0v) is 56.9. The van der Waals surface area contributed by atoms with Crippen molar-refractivity contribution in [3.8, 4) is 0 Å². The molecule has 12 unspecified atom stereocenters. The third kappa shape index (κ3) is 17.2. The van der Waals surface area contributed by atoms with E-state index >= 15 is 0 Å². The van der Waals surface area contributed by atoms with E-state index < -0.39 is 0 Å². The zero-order valence-electron chi connectivity index (χ0n) is 50.4. The molecule has 6 fully saturated rings. The quantitative estimate of drug-likeness (QED) is 0.102. The predicted molar refractivity (Wildman–Crippen MR) is 311 cm³/mol. The molecule has 0 saturated carbocycles. The van der Waals surface area contributed by atoms with Gasteiger partial charge in [0.15, 0.2) is 12.6 Å². The number of hydrogen-bond donors (Lipinski definition) is 0. The van der Waals surface area contributed by atoms with Gasteiger partial charge in [0, 0.05) is 42.6 Å². The van der Waals surface area contributed by atoms with E-state index in [-0.39, 0.29) is 79.4 Å². The Labute approximate surface area is 488 Å². The number of halogens is 3. The third-order valence-corrected chi connectivity index (χ3v) is 21.7. The number of methoxy groups -OCH3 is 1. The standard InChI is InChI=1S/C60H110O12.I3/c1-21-53-37(8)31(2)38(9)56(71-53)28-64-22-49-33(4)41(12)55(67-45(49)16)27-63-25-52-36(7)44(15)60(70-48(52)19)66-30-58-40(11)32(3)39(10)57(72-58)29-65-23-50-34(5)42(13)54(68-46(50)17)26-62-24-51-35(6)43(14)59(61-20)69-47(51)18;1-3-2/h31-60H,21-30H2,1-20H3;/q;-1/t31-,32+,33+,34+,35+,36+,37+,38?,39?,40+,41?,42?,43?,44?,45?,46?,47?,48?,49+,50+,51+,52+,53?,54-,55-,56-,57-,58?,59+,60+;/m1./s1. The molecule has 0 aliphatic carbocycles. The van der Waals surface area contributed by atoms with Gasteiger partial charge < -0.3 is 56.8 Å². The van der Waals surface area contributed by atoms with Crippen molar-refractivity contribution in [2.24, 2.45) is 107 Å². The molecule has 0 radical (unpaired) electrons. The van der Waals surface area contributed by atoms with Gasteiger partial charge in [-0.2, -0.15) is 0 Å². The molecule has 15 heteroatoms. The molecule has 75 heavy (non-hydrogen) atoms. The Kier molecular flexibility index (Phi) is 28.9. The van der Waals surface area contributed by atoms with Crippen molar-refractivity contribution in [1.29, 1.82) is 0 Å². The van der Waals surface area contributed by atoms with Gasteiger partial charge in [0.1, 0.15) is 0 Å². The molecule has 0 amide bonds. The summed E-state index contributed by atoms with van der Waals surface area (Å²) < 4.78 is 77.9. The number of hydrogen-bond acceptors (Lipinski definition) is 12. The molecule has 0 N–H and O–H groups in total. The molecule has 12 nitrogen and oxygen atoms in total. The van der Waals surface area contributed by atoms with Crippen LogP contribution in [-0.4, -0.2) is 140 Å². The Morgan fingerprint density at radius 2 is 0.573 bits per heavy atom. The van der Waals surface area contributed by atoms with Crippen LogP contribution in [0.25, 0.3) is 0 Å². The van der Waals surface area contributed by atoms with Crippen molar-refractivity contribution >= 4 is 37.2 Å². The van der Waals surface area contributed by atoms with Crippen molar-refractivity contribution in [2.75, 3.05) is 66.6 Å². The van der Waals surface area contributed by atoms with E-state index in [1.807, 2.05) is 0 Å². The fourth-order valence-electron chi connectivity index (χ4n) is 14.1. The van der Waals surface area contributed by atoms with Gasteiger partial charge in [-0.15, -0.1) is 0 Å². The van der Waals surface area contributed by atoms with Crippen LogP contribution in [0.1, 0.15) is 138 Å². The summed E-state index contributed by atoms with van der Waals surface area (Å²) in [6.45, 7) is 49.0. The molecule has 6 saturated heterocycles. The fraction of sp³-hybridized carbons (Fsp3) is 1.00. The van der Waals surface area contributed by atoms with E-state index in [9.17, 15) is 0 Å². The topological polar surface area (TPSA) is 111 Å². The van der Waals surface area contributed by atoms with Crippen LogP contribution in [0.2, 0.25) is 0 Å². The molecule has 0 bridgehead atoms. The second kappa shape index (κ2) is 32.1. The van der Waals surface area contributed by atoms with E-state index in [4.69, 9.17) is 56.8 Å². The molecule has 0 aromatic rings. The number of rotatable bonds is 21. The SMILES string of the molecule is CCC1O[C@H](COC[C@@H]2C(C)O[C@H](COC[C@@H]3C(C)O[C@H](OCC4O[C@H](COC[C@@H]5C(C)O[C@H](COC[C@@H]6C(C)O[C@H](OC)C(C)[C@@H]6C)C(C)[C@@H]5C)C(C)[C@H](C)[C@@H]4C)C(C)[C@@H]3C)C(C)[C@@H]2C)C(C)[C@H](C)[C@@H]1C.I[I-]I. The van der Waals surface area contributed by atoms with Gasteiger partial charge in [-0.25, -0.2) is 0 Å². The van der Waals surface area contributed by atoms with Gasteiger partial charge in [-0.1, -0.05) is 104 Å². The monoisotopic (exact) mass is 1400 g/mol. The Hall–Kier alpha value is 1.71. The summed E-state index contributed by atoms with van der Waals surface area (Å²) in [6, 6.07) is 0. The molecule has 0 aromatic heterocycles. The van der Waals surface area contributed by atoms with Crippen LogP contribution < -0.4 is 13.3 Å². The van der Waals surface area contributed by atoms with Crippen molar-refractivity contribution in [2.45, 2.75) is 212 Å². The molecule has 6 aliphatic rings. The summed E-state index contributed by atoms with van der Waals surface area (Å²) in [5, 5.41) is 0. The molecule has 6 rings (SSSR count). The summed E-state index contributed by atoms with van der Waals surface area (Å²) in [4.78, 5) is 0. The van der Waals surface area contributed by atoms with E-state index in [0.717, 1.165) is 6.42 Å². The average Bonchev–Trinajstić information content (AvgIpc) is 3.38. The van der Waals surface area contributed by atoms with Crippen LogP contribution in [0, 0.1) is 107 Å². The van der Waals surface area contributed by atoms with E-state index in [1.54, 1.807) is 7.11 Å². The first-order valence-electron chi connectivity index (χ1n) is 29.8. The molecule has 6 aliphatic heterocycles. The molecule has 6 heterocycles. The van der Waals surface area contributed by atoms with Crippen LogP contribution >= 0.6 is 37.2 Å². The van der Waals surface area contributed by atoms with Crippen molar-refractivity contribution in [1.82, 2.24) is 0 Å².